The molecule has 1 rings (SSSR count). The van der Waals surface area contributed by atoms with E-state index in [2.05, 4.69) is 18.5 Å². The SMILES string of the molecule is C=CC(=O)Oc1c(C)c[nH]c1CCCCCCCCCCCCCCCC. The fourth-order valence-corrected chi connectivity index (χ4v) is 3.53. The van der Waals surface area contributed by atoms with Crippen LogP contribution < -0.4 is 4.74 Å². The fourth-order valence-electron chi connectivity index (χ4n) is 3.53. The van der Waals surface area contributed by atoms with Gasteiger partial charge < -0.3 is 9.72 Å². The molecule has 1 aromatic rings. The maximum Gasteiger partial charge on any atom is 0.335 e. The Morgan fingerprint density at radius 3 is 1.89 bits per heavy atom. The first kappa shape index (κ1) is 23.5. The van der Waals surface area contributed by atoms with E-state index in [0.29, 0.717) is 5.75 Å². The van der Waals surface area contributed by atoms with Crippen molar-refractivity contribution in [2.45, 2.75) is 110 Å². The van der Waals surface area contributed by atoms with Crippen molar-refractivity contribution in [2.75, 3.05) is 0 Å². The zero-order chi connectivity index (χ0) is 19.7. The van der Waals surface area contributed by atoms with Crippen LogP contribution in [0.15, 0.2) is 18.9 Å². The number of aryl methyl sites for hydroxylation is 2. The Labute approximate surface area is 167 Å². The molecule has 154 valence electrons. The zero-order valence-corrected chi connectivity index (χ0v) is 17.8. The van der Waals surface area contributed by atoms with Gasteiger partial charge in [0.05, 0.1) is 5.69 Å². The van der Waals surface area contributed by atoms with E-state index in [1.54, 1.807) is 0 Å². The van der Waals surface area contributed by atoms with Crippen LogP contribution in [0.25, 0.3) is 0 Å². The van der Waals surface area contributed by atoms with Gasteiger partial charge in [-0.1, -0.05) is 97.0 Å². The van der Waals surface area contributed by atoms with Crippen LogP contribution in [-0.2, 0) is 11.2 Å². The first-order valence-corrected chi connectivity index (χ1v) is 11.2. The molecule has 3 nitrogen and oxygen atoms in total. The molecular formula is C24H41NO2. The summed E-state index contributed by atoms with van der Waals surface area (Å²) >= 11 is 0. The van der Waals surface area contributed by atoms with Crippen molar-refractivity contribution in [1.29, 1.82) is 0 Å². The Morgan fingerprint density at radius 2 is 1.41 bits per heavy atom. The van der Waals surface area contributed by atoms with Gasteiger partial charge in [-0.25, -0.2) is 4.79 Å². The van der Waals surface area contributed by atoms with Gasteiger partial charge in [-0.15, -0.1) is 0 Å². The minimum Gasteiger partial charge on any atom is -0.421 e. The number of unbranched alkanes of at least 4 members (excludes halogenated alkanes) is 13. The van der Waals surface area contributed by atoms with Crippen molar-refractivity contribution in [2.24, 2.45) is 0 Å². The van der Waals surface area contributed by atoms with Crippen molar-refractivity contribution in [3.05, 3.63) is 30.1 Å². The highest BCUT2D eigenvalue weighted by Gasteiger charge is 2.12. The Morgan fingerprint density at radius 1 is 0.926 bits per heavy atom. The number of aromatic nitrogens is 1. The molecule has 1 heterocycles. The molecule has 0 aromatic carbocycles. The molecule has 0 fully saturated rings. The molecule has 0 bridgehead atoms. The number of hydrogen-bond acceptors (Lipinski definition) is 2. The molecule has 0 saturated heterocycles. The lowest BCUT2D eigenvalue weighted by atomic mass is 10.0. The van der Waals surface area contributed by atoms with Gasteiger partial charge in [0.15, 0.2) is 5.75 Å². The molecule has 0 unspecified atom stereocenters. The summed E-state index contributed by atoms with van der Waals surface area (Å²) in [4.78, 5) is 14.7. The number of hydrogen-bond donors (Lipinski definition) is 1. The minimum atomic E-state index is -0.389. The maximum absolute atomic E-state index is 11.4. The van der Waals surface area contributed by atoms with E-state index in [1.807, 2.05) is 13.1 Å². The molecule has 0 aliphatic carbocycles. The van der Waals surface area contributed by atoms with Crippen molar-refractivity contribution >= 4 is 5.97 Å². The second-order valence-electron chi connectivity index (χ2n) is 7.75. The topological polar surface area (TPSA) is 42.1 Å². The first-order valence-electron chi connectivity index (χ1n) is 11.2. The summed E-state index contributed by atoms with van der Waals surface area (Å²) < 4.78 is 5.35. The van der Waals surface area contributed by atoms with E-state index in [4.69, 9.17) is 4.74 Å². The van der Waals surface area contributed by atoms with E-state index in [0.717, 1.165) is 24.1 Å². The maximum atomic E-state index is 11.4. The third-order valence-electron chi connectivity index (χ3n) is 5.24. The fraction of sp³-hybridized carbons (Fsp3) is 0.708. The highest BCUT2D eigenvalue weighted by atomic mass is 16.5. The lowest BCUT2D eigenvalue weighted by molar-refractivity contribution is -0.129. The van der Waals surface area contributed by atoms with Crippen molar-refractivity contribution in [3.63, 3.8) is 0 Å². The standard InChI is InChI=1S/C24H41NO2/c1-4-6-7-8-9-10-11-12-13-14-15-16-17-18-19-22-24(21(3)20-25-22)27-23(26)5-2/h5,20,25H,2,4,6-19H2,1,3H3. The van der Waals surface area contributed by atoms with Crippen LogP contribution >= 0.6 is 0 Å². The van der Waals surface area contributed by atoms with Crippen LogP contribution in [0.4, 0.5) is 0 Å². The van der Waals surface area contributed by atoms with E-state index >= 15 is 0 Å². The van der Waals surface area contributed by atoms with Gasteiger partial charge in [-0.3, -0.25) is 0 Å². The van der Waals surface area contributed by atoms with E-state index in [1.165, 1.54) is 89.5 Å². The molecule has 0 saturated carbocycles. The van der Waals surface area contributed by atoms with Crippen LogP contribution in [-0.4, -0.2) is 11.0 Å². The predicted octanol–water partition coefficient (Wildman–Crippen LogP) is 7.44. The average molecular weight is 376 g/mol. The minimum absolute atomic E-state index is 0.389. The summed E-state index contributed by atoms with van der Waals surface area (Å²) in [6.07, 6.45) is 23.2. The Bertz CT molecular complexity index is 518. The molecule has 0 aliphatic heterocycles. The largest absolute Gasteiger partial charge is 0.421 e. The van der Waals surface area contributed by atoms with E-state index < -0.39 is 0 Å². The molecule has 0 radical (unpaired) electrons. The number of carbonyl (C=O) groups excluding carboxylic acids is 1. The Kier molecular flexibility index (Phi) is 13.5. The van der Waals surface area contributed by atoms with Crippen molar-refractivity contribution in [1.82, 2.24) is 4.98 Å². The Hall–Kier alpha value is -1.51. The number of esters is 1. The van der Waals surface area contributed by atoms with E-state index in [-0.39, 0.29) is 5.97 Å². The van der Waals surface area contributed by atoms with Gasteiger partial charge in [0.1, 0.15) is 0 Å². The third-order valence-corrected chi connectivity index (χ3v) is 5.24. The number of ether oxygens (including phenoxy) is 1. The van der Waals surface area contributed by atoms with Gasteiger partial charge in [0.2, 0.25) is 0 Å². The van der Waals surface area contributed by atoms with Crippen LogP contribution in [0.1, 0.15) is 108 Å². The molecule has 1 N–H and O–H groups in total. The smallest absolute Gasteiger partial charge is 0.335 e. The van der Waals surface area contributed by atoms with Gasteiger partial charge in [0, 0.05) is 17.8 Å². The van der Waals surface area contributed by atoms with E-state index in [9.17, 15) is 4.79 Å². The van der Waals surface area contributed by atoms with Crippen molar-refractivity contribution < 1.29 is 9.53 Å². The second kappa shape index (κ2) is 15.5. The normalized spacial score (nSPS) is 10.9. The predicted molar refractivity (Wildman–Crippen MR) is 115 cm³/mol. The molecular weight excluding hydrogens is 334 g/mol. The monoisotopic (exact) mass is 375 g/mol. The highest BCUT2D eigenvalue weighted by molar-refractivity contribution is 5.83. The quantitative estimate of drug-likeness (QED) is 0.175. The average Bonchev–Trinajstić information content (AvgIpc) is 3.01. The molecule has 0 atom stereocenters. The number of nitrogens with one attached hydrogen (secondary N) is 1. The summed E-state index contributed by atoms with van der Waals surface area (Å²) in [6, 6.07) is 0. The van der Waals surface area contributed by atoms with Gasteiger partial charge in [-0.05, 0) is 19.8 Å². The number of carbonyl (C=O) groups is 1. The Balaban J connectivity index is 1.98. The molecule has 0 amide bonds. The molecule has 1 aromatic heterocycles. The van der Waals surface area contributed by atoms with Crippen LogP contribution in [0, 0.1) is 6.92 Å². The second-order valence-corrected chi connectivity index (χ2v) is 7.75. The highest BCUT2D eigenvalue weighted by Crippen LogP contribution is 2.25. The molecule has 27 heavy (non-hydrogen) atoms. The van der Waals surface area contributed by atoms with Gasteiger partial charge in [-0.2, -0.15) is 0 Å². The van der Waals surface area contributed by atoms with Crippen molar-refractivity contribution in [3.8, 4) is 5.75 Å². The number of aromatic amines is 1. The molecule has 0 spiro atoms. The van der Waals surface area contributed by atoms with Crippen LogP contribution in [0.3, 0.4) is 0 Å². The summed E-state index contributed by atoms with van der Waals surface area (Å²) in [6.45, 7) is 7.69. The summed E-state index contributed by atoms with van der Waals surface area (Å²) in [5.74, 6) is 0.300. The van der Waals surface area contributed by atoms with Gasteiger partial charge in [0.25, 0.3) is 0 Å². The third kappa shape index (κ3) is 11.0. The van der Waals surface area contributed by atoms with Crippen LogP contribution in [0.2, 0.25) is 0 Å². The summed E-state index contributed by atoms with van der Waals surface area (Å²) in [5.41, 5.74) is 2.01. The summed E-state index contributed by atoms with van der Waals surface area (Å²) in [7, 11) is 0. The zero-order valence-electron chi connectivity index (χ0n) is 17.8. The van der Waals surface area contributed by atoms with Gasteiger partial charge >= 0.3 is 5.97 Å². The molecule has 3 heteroatoms. The lowest BCUT2D eigenvalue weighted by Gasteiger charge is -2.06. The lowest BCUT2D eigenvalue weighted by Crippen LogP contribution is -2.05. The first-order chi connectivity index (χ1) is 13.2. The van der Waals surface area contributed by atoms with Crippen LogP contribution in [0.5, 0.6) is 5.75 Å². The number of rotatable bonds is 17. The molecule has 0 aliphatic rings. The summed E-state index contributed by atoms with van der Waals surface area (Å²) in [5, 5.41) is 0. The number of H-pyrrole nitrogens is 1.